The summed E-state index contributed by atoms with van der Waals surface area (Å²) in [6.07, 6.45) is 0.713. The van der Waals surface area contributed by atoms with Gasteiger partial charge in [-0.15, -0.1) is 0 Å². The quantitative estimate of drug-likeness (QED) is 0.464. The van der Waals surface area contributed by atoms with Crippen LogP contribution >= 0.6 is 15.9 Å². The predicted octanol–water partition coefficient (Wildman–Crippen LogP) is 2.10. The van der Waals surface area contributed by atoms with Gasteiger partial charge < -0.3 is 4.79 Å². The summed E-state index contributed by atoms with van der Waals surface area (Å²) in [6.45, 7) is 0. The Morgan fingerprint density at radius 3 is 2.77 bits per heavy atom. The fraction of sp³-hybridized carbons (Fsp3) is 0.125. The molecule has 0 spiro atoms. The molecule has 0 fully saturated rings. The molecular formula is C8H6BrNO3. The largest absolute Gasteiger partial charge is 0.303 e. The Balaban J connectivity index is 3.17. The predicted molar refractivity (Wildman–Crippen MR) is 50.6 cm³/mol. The number of rotatable bonds is 3. The molecule has 0 aliphatic rings. The fourth-order valence-electron chi connectivity index (χ4n) is 0.985. The van der Waals surface area contributed by atoms with Crippen LogP contribution in [0.1, 0.15) is 5.56 Å². The average Bonchev–Trinajstić information content (AvgIpc) is 2.04. The summed E-state index contributed by atoms with van der Waals surface area (Å²) in [6, 6.07) is 4.53. The van der Waals surface area contributed by atoms with Crippen molar-refractivity contribution >= 4 is 27.9 Å². The van der Waals surface area contributed by atoms with Crippen LogP contribution in [0.25, 0.3) is 0 Å². The molecule has 0 atom stereocenters. The van der Waals surface area contributed by atoms with Gasteiger partial charge >= 0.3 is 0 Å². The van der Waals surface area contributed by atoms with E-state index in [1.807, 2.05) is 0 Å². The van der Waals surface area contributed by atoms with Gasteiger partial charge in [0.1, 0.15) is 6.29 Å². The Kier molecular flexibility index (Phi) is 3.13. The molecule has 0 radical (unpaired) electrons. The third-order valence-electron chi connectivity index (χ3n) is 1.54. The van der Waals surface area contributed by atoms with Crippen molar-refractivity contribution in [3.05, 3.63) is 38.3 Å². The SMILES string of the molecule is O=CCc1cc(Br)ccc1[N+](=O)[O-]. The van der Waals surface area contributed by atoms with Crippen LogP contribution in [0.15, 0.2) is 22.7 Å². The van der Waals surface area contributed by atoms with Crippen LogP contribution in [0.2, 0.25) is 0 Å². The van der Waals surface area contributed by atoms with Crippen molar-refractivity contribution in [2.75, 3.05) is 0 Å². The van der Waals surface area contributed by atoms with E-state index in [0.29, 0.717) is 11.8 Å². The lowest BCUT2D eigenvalue weighted by molar-refractivity contribution is -0.385. The first-order chi connectivity index (χ1) is 6.15. The van der Waals surface area contributed by atoms with Crippen molar-refractivity contribution in [3.63, 3.8) is 0 Å². The molecule has 1 aromatic carbocycles. The van der Waals surface area contributed by atoms with E-state index < -0.39 is 4.92 Å². The molecule has 0 N–H and O–H groups in total. The Labute approximate surface area is 82.8 Å². The molecule has 0 saturated heterocycles. The number of halogens is 1. The van der Waals surface area contributed by atoms with Gasteiger partial charge in [-0.25, -0.2) is 0 Å². The fourth-order valence-corrected chi connectivity index (χ4v) is 1.39. The highest BCUT2D eigenvalue weighted by Gasteiger charge is 2.12. The molecule has 0 aliphatic carbocycles. The first-order valence-electron chi connectivity index (χ1n) is 3.51. The number of nitrogens with zero attached hydrogens (tertiary/aromatic N) is 1. The number of nitro groups is 1. The van der Waals surface area contributed by atoms with Crippen molar-refractivity contribution in [1.29, 1.82) is 0 Å². The summed E-state index contributed by atoms with van der Waals surface area (Å²) in [7, 11) is 0. The van der Waals surface area contributed by atoms with Crippen molar-refractivity contribution in [1.82, 2.24) is 0 Å². The molecule has 0 heterocycles. The topological polar surface area (TPSA) is 60.2 Å². The van der Waals surface area contributed by atoms with Gasteiger partial charge in [-0.1, -0.05) is 15.9 Å². The Morgan fingerprint density at radius 2 is 2.23 bits per heavy atom. The summed E-state index contributed by atoms with van der Waals surface area (Å²) < 4.78 is 0.731. The molecule has 13 heavy (non-hydrogen) atoms. The highest BCUT2D eigenvalue weighted by atomic mass is 79.9. The second-order valence-electron chi connectivity index (χ2n) is 2.40. The number of carbonyl (C=O) groups is 1. The van der Waals surface area contributed by atoms with E-state index in [-0.39, 0.29) is 12.1 Å². The molecular weight excluding hydrogens is 238 g/mol. The Bertz CT molecular complexity index is 351. The summed E-state index contributed by atoms with van der Waals surface area (Å²) >= 11 is 3.18. The van der Waals surface area contributed by atoms with Gasteiger partial charge in [0.15, 0.2) is 0 Å². The minimum atomic E-state index is -0.495. The molecule has 68 valence electrons. The van der Waals surface area contributed by atoms with Gasteiger partial charge in [0, 0.05) is 22.5 Å². The molecule has 5 heteroatoms. The molecule has 0 bridgehead atoms. The van der Waals surface area contributed by atoms with E-state index in [0.717, 1.165) is 4.47 Å². The van der Waals surface area contributed by atoms with Crippen LogP contribution in [0.3, 0.4) is 0 Å². The Morgan fingerprint density at radius 1 is 1.54 bits per heavy atom. The lowest BCUT2D eigenvalue weighted by Gasteiger charge is -1.98. The minimum absolute atomic E-state index is 0.0182. The third-order valence-corrected chi connectivity index (χ3v) is 2.03. The molecule has 0 aliphatic heterocycles. The van der Waals surface area contributed by atoms with E-state index in [2.05, 4.69) is 15.9 Å². The minimum Gasteiger partial charge on any atom is -0.303 e. The average molecular weight is 244 g/mol. The van der Waals surface area contributed by atoms with Crippen LogP contribution in [0, 0.1) is 10.1 Å². The molecule has 0 saturated carbocycles. The van der Waals surface area contributed by atoms with Crippen molar-refractivity contribution in [2.24, 2.45) is 0 Å². The zero-order valence-electron chi connectivity index (χ0n) is 6.57. The van der Waals surface area contributed by atoms with Crippen molar-refractivity contribution in [3.8, 4) is 0 Å². The highest BCUT2D eigenvalue weighted by Crippen LogP contribution is 2.22. The zero-order valence-corrected chi connectivity index (χ0v) is 8.15. The second-order valence-corrected chi connectivity index (χ2v) is 3.32. The number of hydrogen-bond donors (Lipinski definition) is 0. The summed E-state index contributed by atoms with van der Waals surface area (Å²) in [4.78, 5) is 20.2. The van der Waals surface area contributed by atoms with E-state index in [1.165, 1.54) is 6.07 Å². The Hall–Kier alpha value is -1.23. The zero-order chi connectivity index (χ0) is 9.84. The third kappa shape index (κ3) is 2.35. The molecule has 1 aromatic rings. The maximum atomic E-state index is 10.5. The lowest BCUT2D eigenvalue weighted by Crippen LogP contribution is -1.95. The molecule has 4 nitrogen and oxygen atoms in total. The summed E-state index contributed by atoms with van der Waals surface area (Å²) in [5.74, 6) is 0. The highest BCUT2D eigenvalue weighted by molar-refractivity contribution is 9.10. The number of benzene rings is 1. The van der Waals surface area contributed by atoms with Crippen molar-refractivity contribution < 1.29 is 9.72 Å². The number of carbonyl (C=O) groups excluding carboxylic acids is 1. The van der Waals surface area contributed by atoms with Crippen LogP contribution in [-0.4, -0.2) is 11.2 Å². The molecule has 0 unspecified atom stereocenters. The van der Waals surface area contributed by atoms with Gasteiger partial charge in [-0.05, 0) is 12.1 Å². The van der Waals surface area contributed by atoms with Gasteiger partial charge in [0.05, 0.1) is 4.92 Å². The van der Waals surface area contributed by atoms with Gasteiger partial charge in [0.2, 0.25) is 0 Å². The van der Waals surface area contributed by atoms with Gasteiger partial charge in [-0.3, -0.25) is 10.1 Å². The van der Waals surface area contributed by atoms with Crippen LogP contribution in [0.5, 0.6) is 0 Å². The van der Waals surface area contributed by atoms with Crippen LogP contribution in [-0.2, 0) is 11.2 Å². The van der Waals surface area contributed by atoms with Crippen LogP contribution in [0.4, 0.5) is 5.69 Å². The first kappa shape index (κ1) is 9.85. The standard InChI is InChI=1S/C8H6BrNO3/c9-7-1-2-8(10(12)13)6(5-7)3-4-11/h1-2,4-5H,3H2. The van der Waals surface area contributed by atoms with E-state index in [9.17, 15) is 14.9 Å². The van der Waals surface area contributed by atoms with E-state index in [1.54, 1.807) is 12.1 Å². The number of hydrogen-bond acceptors (Lipinski definition) is 3. The van der Waals surface area contributed by atoms with Gasteiger partial charge in [-0.2, -0.15) is 0 Å². The maximum absolute atomic E-state index is 10.5. The lowest BCUT2D eigenvalue weighted by atomic mass is 10.1. The first-order valence-corrected chi connectivity index (χ1v) is 4.31. The second kappa shape index (κ2) is 4.13. The maximum Gasteiger partial charge on any atom is 0.273 e. The number of nitro benzene ring substituents is 1. The normalized spacial score (nSPS) is 9.62. The smallest absolute Gasteiger partial charge is 0.273 e. The van der Waals surface area contributed by atoms with Crippen molar-refractivity contribution in [2.45, 2.75) is 6.42 Å². The van der Waals surface area contributed by atoms with Gasteiger partial charge in [0.25, 0.3) is 5.69 Å². The van der Waals surface area contributed by atoms with Crippen LogP contribution < -0.4 is 0 Å². The molecule has 0 amide bonds. The number of aldehydes is 1. The monoisotopic (exact) mass is 243 g/mol. The van der Waals surface area contributed by atoms with E-state index >= 15 is 0 Å². The molecule has 1 rings (SSSR count). The summed E-state index contributed by atoms with van der Waals surface area (Å²) in [5.41, 5.74) is 0.407. The molecule has 0 aromatic heterocycles. The van der Waals surface area contributed by atoms with E-state index in [4.69, 9.17) is 0 Å². The summed E-state index contributed by atoms with van der Waals surface area (Å²) in [5, 5.41) is 10.5.